The number of thioether (sulfide) groups is 1. The third kappa shape index (κ3) is 3.46. The fourth-order valence-corrected chi connectivity index (χ4v) is 4.94. The van der Waals surface area contributed by atoms with Gasteiger partial charge < -0.3 is 18.9 Å². The molecule has 8 nitrogen and oxygen atoms in total. The number of amides is 2. The molecular formula is C20H23NO7S. The van der Waals surface area contributed by atoms with Gasteiger partial charge in [0.2, 0.25) is 0 Å². The van der Waals surface area contributed by atoms with E-state index in [0.717, 1.165) is 0 Å². The van der Waals surface area contributed by atoms with Crippen LogP contribution in [0.5, 0.6) is 0 Å². The Hall–Kier alpha value is -1.94. The maximum absolute atomic E-state index is 13.1. The van der Waals surface area contributed by atoms with Crippen LogP contribution in [-0.2, 0) is 23.7 Å². The van der Waals surface area contributed by atoms with E-state index in [1.807, 2.05) is 6.26 Å². The Kier molecular flexibility index (Phi) is 5.18. The fraction of sp³-hybridized carbons (Fsp3) is 0.550. The summed E-state index contributed by atoms with van der Waals surface area (Å²) in [6.07, 6.45) is 0.0515. The minimum atomic E-state index is -0.933. The van der Waals surface area contributed by atoms with Crippen LogP contribution < -0.4 is 0 Å². The summed E-state index contributed by atoms with van der Waals surface area (Å²) in [6.45, 7) is 4.86. The lowest BCUT2D eigenvalue weighted by atomic mass is 9.97. The van der Waals surface area contributed by atoms with E-state index in [2.05, 4.69) is 0 Å². The largest absolute Gasteiger partial charge is 0.463 e. The van der Waals surface area contributed by atoms with Crippen molar-refractivity contribution in [1.82, 2.24) is 4.90 Å². The minimum absolute atomic E-state index is 0.00182. The van der Waals surface area contributed by atoms with Gasteiger partial charge in [0.1, 0.15) is 36.4 Å². The Morgan fingerprint density at radius 1 is 1.14 bits per heavy atom. The highest BCUT2D eigenvalue weighted by Gasteiger charge is 2.59. The van der Waals surface area contributed by atoms with Gasteiger partial charge in [0.25, 0.3) is 11.8 Å². The van der Waals surface area contributed by atoms with Crippen molar-refractivity contribution in [3.8, 4) is 0 Å². The number of fused-ring (bicyclic) bond motifs is 2. The molecule has 0 bridgehead atoms. The van der Waals surface area contributed by atoms with Crippen LogP contribution in [0, 0.1) is 0 Å². The summed E-state index contributed by atoms with van der Waals surface area (Å²) in [4.78, 5) is 38.7. The lowest BCUT2D eigenvalue weighted by molar-refractivity contribution is -0.170. The molecule has 2 amide bonds. The highest BCUT2D eigenvalue weighted by Crippen LogP contribution is 2.43. The Morgan fingerprint density at radius 2 is 1.72 bits per heavy atom. The van der Waals surface area contributed by atoms with Gasteiger partial charge in [-0.25, -0.2) is 0 Å². The molecule has 9 heteroatoms. The molecule has 3 aliphatic heterocycles. The second-order valence-electron chi connectivity index (χ2n) is 7.66. The van der Waals surface area contributed by atoms with Crippen LogP contribution in [-0.4, -0.2) is 71.1 Å². The molecule has 1 aromatic rings. The molecule has 2 saturated heterocycles. The second-order valence-corrected chi connectivity index (χ2v) is 8.60. The molecular weight excluding hydrogens is 398 g/mol. The van der Waals surface area contributed by atoms with E-state index in [4.69, 9.17) is 18.9 Å². The van der Waals surface area contributed by atoms with E-state index in [1.54, 1.807) is 38.1 Å². The Bertz CT molecular complexity index is 822. The first-order chi connectivity index (χ1) is 13.7. The SMILES string of the molecule is CS[C@@H]1O[C@H](COC(C)=O)[C@@H]2OC(C)(C)O[C@@H]2[C@H]1N1C(=O)c2ccccc2C1=O. The number of carbonyl (C=O) groups is 3. The molecule has 0 radical (unpaired) electrons. The number of carbonyl (C=O) groups excluding carboxylic acids is 3. The van der Waals surface area contributed by atoms with Crippen LogP contribution in [0.4, 0.5) is 0 Å². The highest BCUT2D eigenvalue weighted by molar-refractivity contribution is 7.99. The first-order valence-electron chi connectivity index (χ1n) is 9.37. The van der Waals surface area contributed by atoms with Gasteiger partial charge in [0.15, 0.2) is 5.79 Å². The molecule has 0 unspecified atom stereocenters. The molecule has 29 heavy (non-hydrogen) atoms. The molecule has 3 aliphatic rings. The molecule has 5 atom stereocenters. The van der Waals surface area contributed by atoms with Crippen molar-refractivity contribution < 1.29 is 33.3 Å². The number of hydrogen-bond acceptors (Lipinski definition) is 8. The average molecular weight is 421 g/mol. The van der Waals surface area contributed by atoms with Crippen molar-refractivity contribution in [2.45, 2.75) is 56.3 Å². The van der Waals surface area contributed by atoms with E-state index >= 15 is 0 Å². The first-order valence-corrected chi connectivity index (χ1v) is 10.7. The van der Waals surface area contributed by atoms with Gasteiger partial charge in [0, 0.05) is 6.92 Å². The standard InChI is InChI=1S/C20H23NO7S/c1-10(22)25-9-13-15-16(28-20(2,3)27-15)14(19(26-13)29-4)21-17(23)11-7-5-6-8-12(11)18(21)24/h5-8,13-16,19H,9H2,1-4H3/t13-,14-,15+,16-,19+/m1/s1. The zero-order valence-corrected chi connectivity index (χ0v) is 17.4. The number of imide groups is 1. The minimum Gasteiger partial charge on any atom is -0.463 e. The predicted octanol–water partition coefficient (Wildman–Crippen LogP) is 1.82. The maximum Gasteiger partial charge on any atom is 0.302 e. The number of nitrogens with zero attached hydrogens (tertiary/aromatic N) is 1. The van der Waals surface area contributed by atoms with Gasteiger partial charge >= 0.3 is 5.97 Å². The molecule has 156 valence electrons. The number of rotatable bonds is 4. The summed E-state index contributed by atoms with van der Waals surface area (Å²) in [5.74, 6) is -2.10. The Labute approximate surface area is 172 Å². The number of benzene rings is 1. The normalized spacial score (nSPS) is 32.8. The van der Waals surface area contributed by atoms with E-state index in [9.17, 15) is 14.4 Å². The number of esters is 1. The van der Waals surface area contributed by atoms with Crippen molar-refractivity contribution in [2.75, 3.05) is 12.9 Å². The van der Waals surface area contributed by atoms with E-state index < -0.39 is 41.5 Å². The monoisotopic (exact) mass is 421 g/mol. The molecule has 0 spiro atoms. The number of hydrogen-bond donors (Lipinski definition) is 0. The van der Waals surface area contributed by atoms with E-state index in [-0.39, 0.29) is 18.4 Å². The molecule has 0 aliphatic carbocycles. The third-order valence-corrected chi connectivity index (χ3v) is 6.12. The molecule has 4 rings (SSSR count). The van der Waals surface area contributed by atoms with Crippen molar-refractivity contribution in [3.05, 3.63) is 35.4 Å². The average Bonchev–Trinajstić information content (AvgIpc) is 3.13. The van der Waals surface area contributed by atoms with Crippen molar-refractivity contribution in [1.29, 1.82) is 0 Å². The Morgan fingerprint density at radius 3 is 2.28 bits per heavy atom. The Balaban J connectivity index is 1.69. The van der Waals surface area contributed by atoms with Crippen LogP contribution in [0.15, 0.2) is 24.3 Å². The summed E-state index contributed by atoms with van der Waals surface area (Å²) in [6, 6.07) is 6.06. The van der Waals surface area contributed by atoms with Gasteiger partial charge in [-0.1, -0.05) is 12.1 Å². The van der Waals surface area contributed by atoms with Crippen molar-refractivity contribution in [2.24, 2.45) is 0 Å². The number of ether oxygens (including phenoxy) is 4. The summed E-state index contributed by atoms with van der Waals surface area (Å²) in [7, 11) is 0. The first kappa shape index (κ1) is 20.3. The molecule has 2 fully saturated rings. The van der Waals surface area contributed by atoms with Crippen molar-refractivity contribution in [3.63, 3.8) is 0 Å². The third-order valence-electron chi connectivity index (χ3n) is 5.26. The summed E-state index contributed by atoms with van der Waals surface area (Å²) in [5, 5.41) is 0. The lowest BCUT2D eigenvalue weighted by Gasteiger charge is -2.44. The van der Waals surface area contributed by atoms with E-state index in [0.29, 0.717) is 11.1 Å². The zero-order chi connectivity index (χ0) is 20.9. The van der Waals surface area contributed by atoms with Gasteiger partial charge in [-0.2, -0.15) is 0 Å². The molecule has 0 saturated carbocycles. The zero-order valence-electron chi connectivity index (χ0n) is 16.6. The molecule has 0 aromatic heterocycles. The van der Waals surface area contributed by atoms with Crippen LogP contribution in [0.3, 0.4) is 0 Å². The van der Waals surface area contributed by atoms with Gasteiger partial charge in [-0.15, -0.1) is 11.8 Å². The second kappa shape index (κ2) is 7.39. The van der Waals surface area contributed by atoms with Crippen LogP contribution in [0.1, 0.15) is 41.5 Å². The quantitative estimate of drug-likeness (QED) is 0.537. The summed E-state index contributed by atoms with van der Waals surface area (Å²) in [5.41, 5.74) is 0.180. The molecule has 3 heterocycles. The summed E-state index contributed by atoms with van der Waals surface area (Å²) < 4.78 is 23.5. The predicted molar refractivity (Wildman–Crippen MR) is 103 cm³/mol. The molecule has 1 aromatic carbocycles. The smallest absolute Gasteiger partial charge is 0.302 e. The highest BCUT2D eigenvalue weighted by atomic mass is 32.2. The van der Waals surface area contributed by atoms with Crippen LogP contribution in [0.25, 0.3) is 0 Å². The van der Waals surface area contributed by atoms with E-state index in [1.165, 1.54) is 23.6 Å². The molecule has 0 N–H and O–H groups in total. The van der Waals surface area contributed by atoms with Crippen LogP contribution >= 0.6 is 11.8 Å². The summed E-state index contributed by atoms with van der Waals surface area (Å²) >= 11 is 1.37. The fourth-order valence-electron chi connectivity index (χ4n) is 4.13. The van der Waals surface area contributed by atoms with Gasteiger partial charge in [-0.3, -0.25) is 19.3 Å². The van der Waals surface area contributed by atoms with Gasteiger partial charge in [-0.05, 0) is 32.2 Å². The maximum atomic E-state index is 13.1. The lowest BCUT2D eigenvalue weighted by Crippen LogP contribution is -2.63. The van der Waals surface area contributed by atoms with Crippen LogP contribution in [0.2, 0.25) is 0 Å². The van der Waals surface area contributed by atoms with Gasteiger partial charge in [0.05, 0.1) is 11.1 Å². The van der Waals surface area contributed by atoms with Crippen molar-refractivity contribution >= 4 is 29.5 Å². The topological polar surface area (TPSA) is 91.4 Å².